The van der Waals surface area contributed by atoms with Gasteiger partial charge in [-0.3, -0.25) is 4.79 Å². The van der Waals surface area contributed by atoms with Gasteiger partial charge in [-0.1, -0.05) is 12.1 Å². The molecular weight excluding hydrogens is 313 g/mol. The largest absolute Gasteiger partial charge is 0.508 e. The average Bonchev–Trinajstić information content (AvgIpc) is 2.56. The van der Waals surface area contributed by atoms with Gasteiger partial charge in [-0.2, -0.15) is 0 Å². The first-order chi connectivity index (χ1) is 11.4. The van der Waals surface area contributed by atoms with Crippen molar-refractivity contribution in [2.24, 2.45) is 0 Å². The van der Waals surface area contributed by atoms with Crippen molar-refractivity contribution in [1.29, 1.82) is 0 Å². The van der Waals surface area contributed by atoms with Crippen molar-refractivity contribution >= 4 is 16.9 Å². The highest BCUT2D eigenvalue weighted by molar-refractivity contribution is 5.94. The molecule has 0 spiro atoms. The maximum atomic E-state index is 14.5. The highest BCUT2D eigenvalue weighted by Gasteiger charge is 2.17. The van der Waals surface area contributed by atoms with Crippen LogP contribution < -0.4 is 5.43 Å². The molecule has 0 saturated heterocycles. The van der Waals surface area contributed by atoms with E-state index in [1.54, 1.807) is 23.6 Å². The van der Waals surface area contributed by atoms with Crippen LogP contribution in [0.4, 0.5) is 4.39 Å². The number of carboxylic acid groups (broad SMARTS) is 1. The van der Waals surface area contributed by atoms with Crippen molar-refractivity contribution in [3.05, 3.63) is 64.2 Å². The van der Waals surface area contributed by atoms with Crippen LogP contribution in [-0.4, -0.2) is 20.7 Å². The second kappa shape index (κ2) is 5.81. The van der Waals surface area contributed by atoms with Crippen molar-refractivity contribution in [1.82, 2.24) is 4.57 Å². The Balaban J connectivity index is 2.35. The monoisotopic (exact) mass is 327 g/mol. The summed E-state index contributed by atoms with van der Waals surface area (Å²) in [4.78, 5) is 23.5. The molecule has 5 nitrogen and oxygen atoms in total. The van der Waals surface area contributed by atoms with E-state index in [2.05, 4.69) is 0 Å². The summed E-state index contributed by atoms with van der Waals surface area (Å²) >= 11 is 0. The first-order valence-electron chi connectivity index (χ1n) is 7.31. The number of aromatic hydroxyl groups is 1. The molecule has 122 valence electrons. The van der Waals surface area contributed by atoms with Crippen LogP contribution in [0.2, 0.25) is 0 Å². The Morgan fingerprint density at radius 3 is 2.46 bits per heavy atom. The van der Waals surface area contributed by atoms with Crippen LogP contribution in [0.1, 0.15) is 17.3 Å². The summed E-state index contributed by atoms with van der Waals surface area (Å²) in [5.41, 5.74) is 0.174. The molecule has 0 bridgehead atoms. The van der Waals surface area contributed by atoms with Gasteiger partial charge in [0.2, 0.25) is 5.43 Å². The van der Waals surface area contributed by atoms with Crippen molar-refractivity contribution in [2.75, 3.05) is 0 Å². The molecule has 0 aliphatic heterocycles. The van der Waals surface area contributed by atoms with Gasteiger partial charge in [0.15, 0.2) is 0 Å². The second-order valence-corrected chi connectivity index (χ2v) is 5.36. The van der Waals surface area contributed by atoms with Gasteiger partial charge in [0.05, 0.1) is 5.52 Å². The fourth-order valence-corrected chi connectivity index (χ4v) is 2.69. The molecule has 24 heavy (non-hydrogen) atoms. The molecule has 0 radical (unpaired) electrons. The van der Waals surface area contributed by atoms with Gasteiger partial charge in [-0.25, -0.2) is 9.18 Å². The highest BCUT2D eigenvalue weighted by Crippen LogP contribution is 2.28. The Kier molecular flexibility index (Phi) is 3.81. The zero-order valence-corrected chi connectivity index (χ0v) is 12.8. The number of fused-ring (bicyclic) bond motifs is 1. The zero-order chi connectivity index (χ0) is 17.4. The second-order valence-electron chi connectivity index (χ2n) is 5.36. The number of hydrogen-bond acceptors (Lipinski definition) is 3. The molecule has 0 aliphatic rings. The summed E-state index contributed by atoms with van der Waals surface area (Å²) in [5.74, 6) is -1.90. The summed E-state index contributed by atoms with van der Waals surface area (Å²) in [6.45, 7) is 2.23. The van der Waals surface area contributed by atoms with Gasteiger partial charge in [0, 0.05) is 23.7 Å². The smallest absolute Gasteiger partial charge is 0.341 e. The van der Waals surface area contributed by atoms with E-state index in [1.807, 2.05) is 0 Å². The topological polar surface area (TPSA) is 79.5 Å². The number of aromatic carboxylic acids is 1. The number of rotatable bonds is 3. The van der Waals surface area contributed by atoms with E-state index >= 15 is 0 Å². The van der Waals surface area contributed by atoms with Gasteiger partial charge in [-0.05, 0) is 36.8 Å². The molecule has 3 aromatic rings. The molecule has 2 aromatic carbocycles. The molecule has 0 fully saturated rings. The minimum atomic E-state index is -1.34. The van der Waals surface area contributed by atoms with E-state index in [0.717, 1.165) is 6.07 Å². The number of aromatic nitrogens is 1. The molecule has 0 aliphatic carbocycles. The lowest BCUT2D eigenvalue weighted by Gasteiger charge is -2.12. The number of carboxylic acids is 1. The molecule has 0 amide bonds. The molecule has 1 heterocycles. The van der Waals surface area contributed by atoms with Gasteiger partial charge in [-0.15, -0.1) is 0 Å². The van der Waals surface area contributed by atoms with Crippen molar-refractivity contribution < 1.29 is 19.4 Å². The standard InChI is InChI=1S/C18H14FNO4/c1-2-20-9-14(18(23)24)17(22)13-7-15(19)12(8-16(13)20)10-3-5-11(21)6-4-10/h3-9,21H,2H2,1H3,(H,23,24). The molecule has 1 aromatic heterocycles. The van der Waals surface area contributed by atoms with Crippen LogP contribution in [0.3, 0.4) is 0 Å². The molecule has 0 atom stereocenters. The van der Waals surface area contributed by atoms with Crippen LogP contribution in [0, 0.1) is 5.82 Å². The number of halogens is 1. The van der Waals surface area contributed by atoms with Crippen LogP contribution in [0.5, 0.6) is 5.75 Å². The van der Waals surface area contributed by atoms with E-state index in [9.17, 15) is 19.1 Å². The molecular formula is C18H14FNO4. The fourth-order valence-electron chi connectivity index (χ4n) is 2.69. The Labute approximate surface area is 136 Å². The van der Waals surface area contributed by atoms with Crippen LogP contribution in [0.25, 0.3) is 22.0 Å². The van der Waals surface area contributed by atoms with Gasteiger partial charge in [0.1, 0.15) is 17.1 Å². The van der Waals surface area contributed by atoms with Crippen LogP contribution in [-0.2, 0) is 6.54 Å². The molecule has 0 unspecified atom stereocenters. The number of pyridine rings is 1. The number of aryl methyl sites for hydroxylation is 1. The zero-order valence-electron chi connectivity index (χ0n) is 12.8. The minimum absolute atomic E-state index is 0.0248. The first kappa shape index (κ1) is 15.7. The number of phenols is 1. The third kappa shape index (κ3) is 2.52. The number of nitrogens with zero attached hydrogens (tertiary/aromatic N) is 1. The number of benzene rings is 2. The van der Waals surface area contributed by atoms with Crippen molar-refractivity contribution in [3.8, 4) is 16.9 Å². The van der Waals surface area contributed by atoms with E-state index in [0.29, 0.717) is 17.6 Å². The van der Waals surface area contributed by atoms with Crippen molar-refractivity contribution in [3.63, 3.8) is 0 Å². The summed E-state index contributed by atoms with van der Waals surface area (Å²) in [6, 6.07) is 8.62. The predicted molar refractivity (Wildman–Crippen MR) is 87.9 cm³/mol. The van der Waals surface area contributed by atoms with Crippen LogP contribution >= 0.6 is 0 Å². The number of hydrogen-bond donors (Lipinski definition) is 2. The van der Waals surface area contributed by atoms with Gasteiger partial charge >= 0.3 is 5.97 Å². The van der Waals surface area contributed by atoms with E-state index in [-0.39, 0.29) is 22.3 Å². The van der Waals surface area contributed by atoms with Crippen molar-refractivity contribution in [2.45, 2.75) is 13.5 Å². The molecule has 2 N–H and O–H groups in total. The minimum Gasteiger partial charge on any atom is -0.508 e. The lowest BCUT2D eigenvalue weighted by molar-refractivity contribution is 0.0695. The van der Waals surface area contributed by atoms with Gasteiger partial charge in [0.25, 0.3) is 0 Å². The van der Waals surface area contributed by atoms with E-state index in [1.165, 1.54) is 24.4 Å². The Morgan fingerprint density at radius 1 is 1.21 bits per heavy atom. The maximum absolute atomic E-state index is 14.5. The lowest BCUT2D eigenvalue weighted by atomic mass is 10.0. The summed E-state index contributed by atoms with van der Waals surface area (Å²) in [5, 5.41) is 18.5. The Bertz CT molecular complexity index is 1010. The normalized spacial score (nSPS) is 10.9. The maximum Gasteiger partial charge on any atom is 0.341 e. The molecule has 3 rings (SSSR count). The van der Waals surface area contributed by atoms with Gasteiger partial charge < -0.3 is 14.8 Å². The van der Waals surface area contributed by atoms with E-state index < -0.39 is 17.2 Å². The third-order valence-corrected chi connectivity index (χ3v) is 3.92. The van der Waals surface area contributed by atoms with E-state index in [4.69, 9.17) is 5.11 Å². The predicted octanol–water partition coefficient (Wildman–Crippen LogP) is 3.23. The quantitative estimate of drug-likeness (QED) is 0.774. The summed E-state index contributed by atoms with van der Waals surface area (Å²) in [7, 11) is 0. The van der Waals surface area contributed by atoms with Crippen LogP contribution in [0.15, 0.2) is 47.4 Å². The fraction of sp³-hybridized carbons (Fsp3) is 0.111. The first-order valence-corrected chi connectivity index (χ1v) is 7.31. The third-order valence-electron chi connectivity index (χ3n) is 3.92. The molecule has 6 heteroatoms. The molecule has 0 saturated carbocycles. The lowest BCUT2D eigenvalue weighted by Crippen LogP contribution is -2.19. The average molecular weight is 327 g/mol. The Hall–Kier alpha value is -3.15. The number of carbonyl (C=O) groups is 1. The number of phenolic OH excluding ortho intramolecular Hbond substituents is 1. The highest BCUT2D eigenvalue weighted by atomic mass is 19.1. The summed E-state index contributed by atoms with van der Waals surface area (Å²) < 4.78 is 16.1. The summed E-state index contributed by atoms with van der Waals surface area (Å²) in [6.07, 6.45) is 1.27. The Morgan fingerprint density at radius 2 is 1.88 bits per heavy atom. The SMILES string of the molecule is CCn1cc(C(=O)O)c(=O)c2cc(F)c(-c3ccc(O)cc3)cc21.